The van der Waals surface area contributed by atoms with Crippen LogP contribution in [0.5, 0.6) is 0 Å². The first-order valence-electron chi connectivity index (χ1n) is 7.27. The summed E-state index contributed by atoms with van der Waals surface area (Å²) in [6.45, 7) is 2.42. The monoisotopic (exact) mass is 269 g/mol. The number of nitrogens with zero attached hydrogens (tertiary/aromatic N) is 1. The SMILES string of the molecule is Cc1ccccc1CN1C(=O)CC2=C(CCCC2)C1=O. The van der Waals surface area contributed by atoms with E-state index in [1.54, 1.807) is 0 Å². The van der Waals surface area contributed by atoms with Gasteiger partial charge in [0.1, 0.15) is 0 Å². The number of rotatable bonds is 2. The Morgan fingerprint density at radius 2 is 1.85 bits per heavy atom. The van der Waals surface area contributed by atoms with Crippen LogP contribution < -0.4 is 0 Å². The van der Waals surface area contributed by atoms with Gasteiger partial charge in [0.25, 0.3) is 5.91 Å². The second-order valence-corrected chi connectivity index (χ2v) is 5.68. The van der Waals surface area contributed by atoms with Crippen molar-refractivity contribution in [3.05, 3.63) is 46.5 Å². The molecule has 0 saturated heterocycles. The molecule has 3 rings (SSSR count). The molecule has 1 aliphatic carbocycles. The van der Waals surface area contributed by atoms with Crippen molar-refractivity contribution in [1.29, 1.82) is 0 Å². The Bertz CT molecular complexity index is 601. The lowest BCUT2D eigenvalue weighted by atomic mass is 9.86. The first kappa shape index (κ1) is 13.1. The summed E-state index contributed by atoms with van der Waals surface area (Å²) < 4.78 is 0. The molecule has 20 heavy (non-hydrogen) atoms. The quantitative estimate of drug-likeness (QED) is 0.774. The molecule has 0 radical (unpaired) electrons. The van der Waals surface area contributed by atoms with Gasteiger partial charge < -0.3 is 0 Å². The summed E-state index contributed by atoms with van der Waals surface area (Å²) >= 11 is 0. The fraction of sp³-hybridized carbons (Fsp3) is 0.412. The lowest BCUT2D eigenvalue weighted by Crippen LogP contribution is -2.42. The number of benzene rings is 1. The number of carbonyl (C=O) groups is 2. The van der Waals surface area contributed by atoms with Crippen molar-refractivity contribution in [2.24, 2.45) is 0 Å². The number of imide groups is 1. The third-order valence-corrected chi connectivity index (χ3v) is 4.34. The Morgan fingerprint density at radius 1 is 1.10 bits per heavy atom. The molecule has 1 heterocycles. The molecule has 0 N–H and O–H groups in total. The molecule has 3 nitrogen and oxygen atoms in total. The van der Waals surface area contributed by atoms with Gasteiger partial charge in [0.05, 0.1) is 6.54 Å². The Morgan fingerprint density at radius 3 is 2.65 bits per heavy atom. The Labute approximate surface area is 119 Å². The summed E-state index contributed by atoms with van der Waals surface area (Å²) in [5.74, 6) is -0.0990. The van der Waals surface area contributed by atoms with Crippen molar-refractivity contribution in [2.45, 2.75) is 45.6 Å². The van der Waals surface area contributed by atoms with E-state index in [9.17, 15) is 9.59 Å². The van der Waals surface area contributed by atoms with Crippen LogP contribution in [0.4, 0.5) is 0 Å². The van der Waals surface area contributed by atoms with Crippen LogP contribution in [0.25, 0.3) is 0 Å². The van der Waals surface area contributed by atoms with Crippen LogP contribution in [0, 0.1) is 6.92 Å². The molecule has 3 heteroatoms. The largest absolute Gasteiger partial charge is 0.274 e. The van der Waals surface area contributed by atoms with Crippen LogP contribution in [0.1, 0.15) is 43.2 Å². The van der Waals surface area contributed by atoms with E-state index in [1.807, 2.05) is 31.2 Å². The van der Waals surface area contributed by atoms with Crippen LogP contribution in [-0.4, -0.2) is 16.7 Å². The molecule has 0 atom stereocenters. The minimum absolute atomic E-state index is 0.0427. The van der Waals surface area contributed by atoms with E-state index in [0.29, 0.717) is 13.0 Å². The van der Waals surface area contributed by atoms with Crippen molar-refractivity contribution < 1.29 is 9.59 Å². The number of amides is 2. The average molecular weight is 269 g/mol. The molecule has 2 aliphatic rings. The van der Waals surface area contributed by atoms with Crippen molar-refractivity contribution in [1.82, 2.24) is 4.90 Å². The molecule has 0 spiro atoms. The van der Waals surface area contributed by atoms with Crippen LogP contribution in [0.3, 0.4) is 0 Å². The van der Waals surface area contributed by atoms with Crippen LogP contribution >= 0.6 is 0 Å². The summed E-state index contributed by atoms with van der Waals surface area (Å²) in [6.07, 6.45) is 4.37. The zero-order chi connectivity index (χ0) is 14.1. The summed E-state index contributed by atoms with van der Waals surface area (Å²) in [6, 6.07) is 7.92. The van der Waals surface area contributed by atoms with Gasteiger partial charge in [0, 0.05) is 12.0 Å². The van der Waals surface area contributed by atoms with E-state index >= 15 is 0 Å². The molecule has 1 aliphatic heterocycles. The van der Waals surface area contributed by atoms with Gasteiger partial charge in [0.15, 0.2) is 0 Å². The number of carbonyl (C=O) groups excluding carboxylic acids is 2. The van der Waals surface area contributed by atoms with Gasteiger partial charge in [-0.2, -0.15) is 0 Å². The van der Waals surface area contributed by atoms with Gasteiger partial charge in [0.2, 0.25) is 5.91 Å². The third-order valence-electron chi connectivity index (χ3n) is 4.34. The molecule has 1 aromatic carbocycles. The molecular weight excluding hydrogens is 250 g/mol. The summed E-state index contributed by atoms with van der Waals surface area (Å²) in [5.41, 5.74) is 4.17. The predicted octanol–water partition coefficient (Wildman–Crippen LogP) is 3.12. The number of hydrogen-bond acceptors (Lipinski definition) is 2. The van der Waals surface area contributed by atoms with Crippen LogP contribution in [0.15, 0.2) is 35.4 Å². The van der Waals surface area contributed by atoms with Gasteiger partial charge in [-0.05, 0) is 43.7 Å². The highest BCUT2D eigenvalue weighted by atomic mass is 16.2. The zero-order valence-corrected chi connectivity index (χ0v) is 11.8. The van der Waals surface area contributed by atoms with Crippen molar-refractivity contribution in [2.75, 3.05) is 0 Å². The highest BCUT2D eigenvalue weighted by molar-refractivity contribution is 6.08. The average Bonchev–Trinajstić information content (AvgIpc) is 2.45. The lowest BCUT2D eigenvalue weighted by molar-refractivity contribution is -0.144. The van der Waals surface area contributed by atoms with Crippen LogP contribution in [-0.2, 0) is 16.1 Å². The van der Waals surface area contributed by atoms with E-state index in [2.05, 4.69) is 0 Å². The molecule has 104 valence electrons. The van der Waals surface area contributed by atoms with Gasteiger partial charge in [-0.15, -0.1) is 0 Å². The van der Waals surface area contributed by atoms with Gasteiger partial charge in [-0.1, -0.05) is 29.8 Å². The molecule has 0 saturated carbocycles. The fourth-order valence-corrected chi connectivity index (χ4v) is 3.09. The topological polar surface area (TPSA) is 37.4 Å². The Hall–Kier alpha value is -1.90. The highest BCUT2D eigenvalue weighted by Crippen LogP contribution is 2.33. The molecular formula is C17H19NO2. The van der Waals surface area contributed by atoms with Gasteiger partial charge in [-0.25, -0.2) is 0 Å². The van der Waals surface area contributed by atoms with Crippen LogP contribution in [0.2, 0.25) is 0 Å². The van der Waals surface area contributed by atoms with Crippen molar-refractivity contribution >= 4 is 11.8 Å². The molecule has 0 fully saturated rings. The maximum Gasteiger partial charge on any atom is 0.256 e. The highest BCUT2D eigenvalue weighted by Gasteiger charge is 2.33. The predicted molar refractivity (Wildman–Crippen MR) is 76.8 cm³/mol. The first-order chi connectivity index (χ1) is 9.66. The Kier molecular flexibility index (Phi) is 3.43. The van der Waals surface area contributed by atoms with E-state index in [1.165, 1.54) is 4.90 Å². The molecule has 0 bridgehead atoms. The summed E-state index contributed by atoms with van der Waals surface area (Å²) in [4.78, 5) is 26.2. The van der Waals surface area contributed by atoms with Gasteiger partial charge in [-0.3, -0.25) is 14.5 Å². The first-order valence-corrected chi connectivity index (χ1v) is 7.27. The third kappa shape index (κ3) is 2.28. The Balaban J connectivity index is 1.87. The van der Waals surface area contributed by atoms with Crippen molar-refractivity contribution in [3.8, 4) is 0 Å². The summed E-state index contributed by atoms with van der Waals surface area (Å²) in [7, 11) is 0. The van der Waals surface area contributed by atoms with E-state index in [0.717, 1.165) is 48.0 Å². The normalized spacial score (nSPS) is 19.4. The van der Waals surface area contributed by atoms with E-state index < -0.39 is 0 Å². The van der Waals surface area contributed by atoms with Crippen molar-refractivity contribution in [3.63, 3.8) is 0 Å². The van der Waals surface area contributed by atoms with E-state index in [-0.39, 0.29) is 11.8 Å². The summed E-state index contributed by atoms with van der Waals surface area (Å²) in [5, 5.41) is 0. The number of aryl methyl sites for hydroxylation is 1. The minimum atomic E-state index is -0.0563. The lowest BCUT2D eigenvalue weighted by Gasteiger charge is -2.31. The zero-order valence-electron chi connectivity index (χ0n) is 11.8. The smallest absolute Gasteiger partial charge is 0.256 e. The maximum atomic E-state index is 12.5. The molecule has 0 unspecified atom stereocenters. The standard InChI is InChI=1S/C17H19NO2/c1-12-6-2-3-8-14(12)11-18-16(19)10-13-7-4-5-9-15(13)17(18)20/h2-3,6,8H,4-5,7,9-11H2,1H3. The molecule has 0 aromatic heterocycles. The minimum Gasteiger partial charge on any atom is -0.274 e. The maximum absolute atomic E-state index is 12.5. The van der Waals surface area contributed by atoms with Gasteiger partial charge >= 0.3 is 0 Å². The second-order valence-electron chi connectivity index (χ2n) is 5.68. The molecule has 1 aromatic rings. The fourth-order valence-electron chi connectivity index (χ4n) is 3.09. The number of hydrogen-bond donors (Lipinski definition) is 0. The molecule has 2 amide bonds. The second kappa shape index (κ2) is 5.23. The van der Waals surface area contributed by atoms with E-state index in [4.69, 9.17) is 0 Å².